The van der Waals surface area contributed by atoms with Gasteiger partial charge >= 0.3 is 12.0 Å². The molecule has 0 atom stereocenters. The first-order valence-corrected chi connectivity index (χ1v) is 10.4. The van der Waals surface area contributed by atoms with Gasteiger partial charge in [0.25, 0.3) is 0 Å². The van der Waals surface area contributed by atoms with Gasteiger partial charge in [0, 0.05) is 5.56 Å². The average Bonchev–Trinajstić information content (AvgIpc) is 3.47. The lowest BCUT2D eigenvalue weighted by molar-refractivity contribution is 0.273. The predicted molar refractivity (Wildman–Crippen MR) is 116 cm³/mol. The van der Waals surface area contributed by atoms with Crippen molar-refractivity contribution < 1.29 is 9.47 Å². The molecule has 2 heterocycles. The summed E-state index contributed by atoms with van der Waals surface area (Å²) >= 11 is 0. The van der Waals surface area contributed by atoms with Crippen LogP contribution >= 0.6 is 0 Å². The third-order valence-electron chi connectivity index (χ3n) is 4.60. The molecule has 0 saturated heterocycles. The zero-order chi connectivity index (χ0) is 21.5. The molecule has 0 saturated carbocycles. The number of H-pyrrole nitrogens is 1. The van der Waals surface area contributed by atoms with Gasteiger partial charge in [0.15, 0.2) is 0 Å². The number of hydrogen-bond acceptors (Lipinski definition) is 7. The Hall–Kier alpha value is -3.75. The second kappa shape index (κ2) is 9.84. The number of aromatic nitrogens is 7. The first-order valence-electron chi connectivity index (χ1n) is 10.4. The van der Waals surface area contributed by atoms with Crippen molar-refractivity contribution in [2.45, 2.75) is 33.2 Å². The van der Waals surface area contributed by atoms with Gasteiger partial charge in [-0.15, -0.1) is 20.3 Å². The SMILES string of the molecule is CCCOc1nc(OCCC)n(Cc2ccc(-c3ccccc3-c3nn[nH]n3)cc2)n1. The summed E-state index contributed by atoms with van der Waals surface area (Å²) in [5, 5.41) is 18.9. The molecule has 0 aliphatic heterocycles. The van der Waals surface area contributed by atoms with Crippen molar-refractivity contribution in [2.75, 3.05) is 13.2 Å². The predicted octanol–water partition coefficient (Wildman–Crippen LogP) is 3.75. The summed E-state index contributed by atoms with van der Waals surface area (Å²) < 4.78 is 13.1. The largest absolute Gasteiger partial charge is 0.464 e. The Morgan fingerprint density at radius 1 is 0.903 bits per heavy atom. The first kappa shape index (κ1) is 20.5. The molecule has 0 bridgehead atoms. The summed E-state index contributed by atoms with van der Waals surface area (Å²) in [6.45, 7) is 5.79. The summed E-state index contributed by atoms with van der Waals surface area (Å²) in [5.41, 5.74) is 4.11. The van der Waals surface area contributed by atoms with Crippen LogP contribution in [0.1, 0.15) is 32.3 Å². The van der Waals surface area contributed by atoms with E-state index in [0.717, 1.165) is 35.1 Å². The second-order valence-corrected chi connectivity index (χ2v) is 7.01. The van der Waals surface area contributed by atoms with Crippen molar-refractivity contribution in [3.05, 3.63) is 54.1 Å². The van der Waals surface area contributed by atoms with E-state index in [1.54, 1.807) is 4.68 Å². The van der Waals surface area contributed by atoms with Crippen LogP contribution in [0, 0.1) is 0 Å². The molecule has 0 unspecified atom stereocenters. The fraction of sp³-hybridized carbons (Fsp3) is 0.318. The molecule has 4 rings (SSSR count). The lowest BCUT2D eigenvalue weighted by Crippen LogP contribution is -2.07. The lowest BCUT2D eigenvalue weighted by atomic mass is 9.98. The molecule has 160 valence electrons. The topological polar surface area (TPSA) is 104 Å². The van der Waals surface area contributed by atoms with Crippen molar-refractivity contribution in [3.8, 4) is 34.5 Å². The van der Waals surface area contributed by atoms with E-state index in [1.807, 2.05) is 31.2 Å². The van der Waals surface area contributed by atoms with Gasteiger partial charge in [-0.1, -0.05) is 62.4 Å². The minimum Gasteiger partial charge on any atom is -0.464 e. The molecular formula is C22H25N7O2. The van der Waals surface area contributed by atoms with Crippen LogP contribution in [-0.4, -0.2) is 48.6 Å². The maximum absolute atomic E-state index is 5.76. The van der Waals surface area contributed by atoms with Gasteiger partial charge in [-0.2, -0.15) is 5.21 Å². The van der Waals surface area contributed by atoms with Gasteiger partial charge in [-0.05, 0) is 34.7 Å². The molecule has 0 fully saturated rings. The molecule has 2 aromatic heterocycles. The fourth-order valence-electron chi connectivity index (χ4n) is 3.13. The van der Waals surface area contributed by atoms with E-state index >= 15 is 0 Å². The average molecular weight is 419 g/mol. The first-order chi connectivity index (χ1) is 15.3. The smallest absolute Gasteiger partial charge is 0.338 e. The van der Waals surface area contributed by atoms with E-state index in [0.29, 0.717) is 37.6 Å². The van der Waals surface area contributed by atoms with Gasteiger partial charge in [0.05, 0.1) is 19.8 Å². The van der Waals surface area contributed by atoms with Crippen molar-refractivity contribution in [2.24, 2.45) is 0 Å². The molecule has 4 aromatic rings. The van der Waals surface area contributed by atoms with Crippen LogP contribution in [0.4, 0.5) is 0 Å². The zero-order valence-electron chi connectivity index (χ0n) is 17.7. The quantitative estimate of drug-likeness (QED) is 0.417. The van der Waals surface area contributed by atoms with E-state index in [4.69, 9.17) is 9.47 Å². The van der Waals surface area contributed by atoms with E-state index in [-0.39, 0.29) is 0 Å². The third kappa shape index (κ3) is 4.88. The number of ether oxygens (including phenoxy) is 2. The van der Waals surface area contributed by atoms with Gasteiger partial charge in [-0.25, -0.2) is 4.68 Å². The van der Waals surface area contributed by atoms with Crippen LogP contribution in [0.25, 0.3) is 22.5 Å². The van der Waals surface area contributed by atoms with Gasteiger partial charge < -0.3 is 9.47 Å². The van der Waals surface area contributed by atoms with Gasteiger partial charge in [-0.3, -0.25) is 0 Å². The minimum absolute atomic E-state index is 0.346. The lowest BCUT2D eigenvalue weighted by Gasteiger charge is -2.09. The van der Waals surface area contributed by atoms with Crippen molar-refractivity contribution in [1.82, 2.24) is 35.4 Å². The van der Waals surface area contributed by atoms with Crippen LogP contribution in [-0.2, 0) is 6.54 Å². The molecule has 2 aromatic carbocycles. The Kier molecular flexibility index (Phi) is 6.51. The molecule has 9 nitrogen and oxygen atoms in total. The van der Waals surface area contributed by atoms with Crippen molar-refractivity contribution in [1.29, 1.82) is 0 Å². The van der Waals surface area contributed by atoms with Gasteiger partial charge in [0.1, 0.15) is 0 Å². The number of aromatic amines is 1. The Balaban J connectivity index is 1.55. The molecule has 9 heteroatoms. The van der Waals surface area contributed by atoms with E-state index in [2.05, 4.69) is 61.9 Å². The van der Waals surface area contributed by atoms with Crippen LogP contribution in [0.15, 0.2) is 48.5 Å². The fourth-order valence-corrected chi connectivity index (χ4v) is 3.13. The van der Waals surface area contributed by atoms with E-state index in [1.165, 1.54) is 0 Å². The van der Waals surface area contributed by atoms with Crippen LogP contribution < -0.4 is 9.47 Å². The standard InChI is InChI=1S/C22H25N7O2/c1-3-13-30-21-23-22(31-14-4-2)29(26-21)15-16-9-11-17(12-10-16)18-7-5-6-8-19(18)20-24-27-28-25-20/h5-12H,3-4,13-15H2,1-2H3,(H,24,25,27,28). The Labute approximate surface area is 180 Å². The van der Waals surface area contributed by atoms with Crippen LogP contribution in [0.2, 0.25) is 0 Å². The molecule has 0 amide bonds. The highest BCUT2D eigenvalue weighted by atomic mass is 16.5. The van der Waals surface area contributed by atoms with E-state index in [9.17, 15) is 0 Å². The Morgan fingerprint density at radius 2 is 1.65 bits per heavy atom. The number of nitrogens with zero attached hydrogens (tertiary/aromatic N) is 6. The Bertz CT molecular complexity index is 1090. The summed E-state index contributed by atoms with van der Waals surface area (Å²) in [5.74, 6) is 0.569. The third-order valence-corrected chi connectivity index (χ3v) is 4.60. The maximum Gasteiger partial charge on any atom is 0.338 e. The van der Waals surface area contributed by atoms with Crippen LogP contribution in [0.3, 0.4) is 0 Å². The summed E-state index contributed by atoms with van der Waals surface area (Å²) in [6, 6.07) is 17.1. The molecule has 0 radical (unpaired) electrons. The monoisotopic (exact) mass is 419 g/mol. The number of nitrogens with one attached hydrogen (secondary N) is 1. The second-order valence-electron chi connectivity index (χ2n) is 7.01. The highest BCUT2D eigenvalue weighted by molar-refractivity contribution is 5.80. The van der Waals surface area contributed by atoms with Gasteiger partial charge in [0.2, 0.25) is 5.82 Å². The number of tetrazole rings is 1. The normalized spacial score (nSPS) is 10.9. The summed E-state index contributed by atoms with van der Waals surface area (Å²) in [7, 11) is 0. The zero-order valence-corrected chi connectivity index (χ0v) is 17.7. The van der Waals surface area contributed by atoms with Crippen molar-refractivity contribution in [3.63, 3.8) is 0 Å². The highest BCUT2D eigenvalue weighted by Gasteiger charge is 2.14. The highest BCUT2D eigenvalue weighted by Crippen LogP contribution is 2.30. The molecule has 1 N–H and O–H groups in total. The number of hydrogen-bond donors (Lipinski definition) is 1. The Morgan fingerprint density at radius 3 is 2.35 bits per heavy atom. The molecule has 0 aliphatic rings. The van der Waals surface area contributed by atoms with E-state index < -0.39 is 0 Å². The number of benzene rings is 2. The molecule has 31 heavy (non-hydrogen) atoms. The van der Waals surface area contributed by atoms with Crippen LogP contribution in [0.5, 0.6) is 12.0 Å². The molecule has 0 spiro atoms. The minimum atomic E-state index is 0.346. The summed E-state index contributed by atoms with van der Waals surface area (Å²) in [6.07, 6.45) is 1.79. The van der Waals surface area contributed by atoms with Crippen molar-refractivity contribution >= 4 is 0 Å². The maximum atomic E-state index is 5.76. The molecule has 0 aliphatic carbocycles. The molecular weight excluding hydrogens is 394 g/mol. The number of rotatable bonds is 10. The summed E-state index contributed by atoms with van der Waals surface area (Å²) in [4.78, 5) is 4.37.